The minimum atomic E-state index is -0.473. The van der Waals surface area contributed by atoms with Crippen molar-refractivity contribution in [2.24, 2.45) is 5.73 Å². The van der Waals surface area contributed by atoms with Gasteiger partial charge in [0.05, 0.1) is 5.56 Å². The first-order valence-corrected chi connectivity index (χ1v) is 4.21. The molecule has 0 atom stereocenters. The summed E-state index contributed by atoms with van der Waals surface area (Å²) < 4.78 is 13.2. The Labute approximate surface area is 81.9 Å². The molecule has 0 radical (unpaired) electrons. The van der Waals surface area contributed by atoms with Gasteiger partial charge in [-0.25, -0.2) is 4.39 Å². The van der Waals surface area contributed by atoms with Gasteiger partial charge in [0.1, 0.15) is 12.1 Å². The molecule has 2 nitrogen and oxygen atoms in total. The molecule has 0 saturated heterocycles. The van der Waals surface area contributed by atoms with Gasteiger partial charge in [0, 0.05) is 18.5 Å². The summed E-state index contributed by atoms with van der Waals surface area (Å²) >= 11 is 0. The third-order valence-electron chi connectivity index (χ3n) is 1.62. The van der Waals surface area contributed by atoms with Crippen molar-refractivity contribution in [2.45, 2.75) is 6.42 Å². The fraction of sp³-hybridized carbons (Fsp3) is 0.182. The van der Waals surface area contributed by atoms with E-state index in [1.807, 2.05) is 0 Å². The van der Waals surface area contributed by atoms with Gasteiger partial charge in [-0.1, -0.05) is 17.9 Å². The second kappa shape index (κ2) is 5.15. The molecule has 0 aromatic heterocycles. The zero-order chi connectivity index (χ0) is 10.4. The second-order valence-corrected chi connectivity index (χ2v) is 2.70. The van der Waals surface area contributed by atoms with Gasteiger partial charge in [0.2, 0.25) is 0 Å². The van der Waals surface area contributed by atoms with Crippen LogP contribution in [0.25, 0.3) is 0 Å². The highest BCUT2D eigenvalue weighted by molar-refractivity contribution is 5.75. The molecule has 1 aromatic carbocycles. The van der Waals surface area contributed by atoms with E-state index >= 15 is 0 Å². The highest BCUT2D eigenvalue weighted by Gasteiger charge is 1.99. The molecule has 0 aliphatic carbocycles. The maximum atomic E-state index is 13.2. The summed E-state index contributed by atoms with van der Waals surface area (Å²) in [6.45, 7) is 0.459. The standard InChI is InChI=1S/C11H10FNO/c12-11-7-9(8-14)4-5-10(11)3-1-2-6-13/h4-5,7-8H,2,6,13H2. The molecule has 0 saturated carbocycles. The molecule has 1 rings (SSSR count). The maximum Gasteiger partial charge on any atom is 0.150 e. The van der Waals surface area contributed by atoms with Crippen molar-refractivity contribution < 1.29 is 9.18 Å². The molecule has 0 heterocycles. The van der Waals surface area contributed by atoms with Crippen molar-refractivity contribution in [2.75, 3.05) is 6.54 Å². The van der Waals surface area contributed by atoms with E-state index in [9.17, 15) is 9.18 Å². The summed E-state index contributed by atoms with van der Waals surface area (Å²) in [6, 6.07) is 4.19. The third kappa shape index (κ3) is 2.68. The molecule has 2 N–H and O–H groups in total. The van der Waals surface area contributed by atoms with Crippen LogP contribution in [0.4, 0.5) is 4.39 Å². The first kappa shape index (κ1) is 10.4. The molecule has 0 aliphatic rings. The molecule has 0 fully saturated rings. The molecule has 0 spiro atoms. The summed E-state index contributed by atoms with van der Waals surface area (Å²) in [4.78, 5) is 10.3. The molecule has 72 valence electrons. The molecule has 0 amide bonds. The van der Waals surface area contributed by atoms with E-state index in [2.05, 4.69) is 11.8 Å². The Morgan fingerprint density at radius 1 is 1.50 bits per heavy atom. The van der Waals surface area contributed by atoms with Crippen LogP contribution in [0, 0.1) is 17.7 Å². The number of benzene rings is 1. The highest BCUT2D eigenvalue weighted by Crippen LogP contribution is 2.07. The van der Waals surface area contributed by atoms with Gasteiger partial charge in [0.25, 0.3) is 0 Å². The fourth-order valence-electron chi connectivity index (χ4n) is 0.936. The van der Waals surface area contributed by atoms with Gasteiger partial charge in [0.15, 0.2) is 0 Å². The van der Waals surface area contributed by atoms with E-state index in [1.54, 1.807) is 0 Å². The molecule has 0 aliphatic heterocycles. The number of nitrogens with two attached hydrogens (primary N) is 1. The summed E-state index contributed by atoms with van der Waals surface area (Å²) in [5.41, 5.74) is 5.84. The van der Waals surface area contributed by atoms with Gasteiger partial charge in [-0.05, 0) is 12.1 Å². The predicted molar refractivity (Wildman–Crippen MR) is 52.3 cm³/mol. The molecule has 3 heteroatoms. The monoisotopic (exact) mass is 191 g/mol. The number of carbonyl (C=O) groups excluding carboxylic acids is 1. The van der Waals surface area contributed by atoms with Crippen LogP contribution in [0.1, 0.15) is 22.3 Å². The van der Waals surface area contributed by atoms with E-state index in [0.29, 0.717) is 30.4 Å². The Hall–Kier alpha value is -1.66. The first-order chi connectivity index (χ1) is 6.77. The lowest BCUT2D eigenvalue weighted by Gasteiger charge is -1.94. The first-order valence-electron chi connectivity index (χ1n) is 4.21. The molecule has 1 aromatic rings. The van der Waals surface area contributed by atoms with E-state index < -0.39 is 5.82 Å². The minimum absolute atomic E-state index is 0.295. The van der Waals surface area contributed by atoms with Crippen LogP contribution >= 0.6 is 0 Å². The number of aldehydes is 1. The van der Waals surface area contributed by atoms with Crippen LogP contribution < -0.4 is 5.73 Å². The Morgan fingerprint density at radius 2 is 2.29 bits per heavy atom. The van der Waals surface area contributed by atoms with Crippen LogP contribution in [0.5, 0.6) is 0 Å². The Morgan fingerprint density at radius 3 is 2.86 bits per heavy atom. The fourth-order valence-corrected chi connectivity index (χ4v) is 0.936. The van der Waals surface area contributed by atoms with Crippen LogP contribution in [-0.2, 0) is 0 Å². The van der Waals surface area contributed by atoms with Gasteiger partial charge in [-0.3, -0.25) is 4.79 Å². The quantitative estimate of drug-likeness (QED) is 0.566. The molecule has 0 bridgehead atoms. The van der Waals surface area contributed by atoms with E-state index in [0.717, 1.165) is 0 Å². The smallest absolute Gasteiger partial charge is 0.150 e. The van der Waals surface area contributed by atoms with Gasteiger partial charge >= 0.3 is 0 Å². The SMILES string of the molecule is NCCC#Cc1ccc(C=O)cc1F. The number of rotatable bonds is 2. The van der Waals surface area contributed by atoms with Gasteiger partial charge in [-0.2, -0.15) is 0 Å². The Balaban J connectivity index is 2.90. The zero-order valence-corrected chi connectivity index (χ0v) is 7.59. The van der Waals surface area contributed by atoms with Crippen LogP contribution in [-0.4, -0.2) is 12.8 Å². The topological polar surface area (TPSA) is 43.1 Å². The zero-order valence-electron chi connectivity index (χ0n) is 7.59. The highest BCUT2D eigenvalue weighted by atomic mass is 19.1. The molecular weight excluding hydrogens is 181 g/mol. The minimum Gasteiger partial charge on any atom is -0.330 e. The predicted octanol–water partition coefficient (Wildman–Crippen LogP) is 1.34. The number of halogens is 1. The molecule has 14 heavy (non-hydrogen) atoms. The average Bonchev–Trinajstić information content (AvgIpc) is 2.20. The average molecular weight is 191 g/mol. The van der Waals surface area contributed by atoms with Crippen molar-refractivity contribution in [3.8, 4) is 11.8 Å². The van der Waals surface area contributed by atoms with Gasteiger partial charge in [-0.15, -0.1) is 0 Å². The maximum absolute atomic E-state index is 13.2. The van der Waals surface area contributed by atoms with Crippen molar-refractivity contribution >= 4 is 6.29 Å². The van der Waals surface area contributed by atoms with Crippen molar-refractivity contribution in [3.05, 3.63) is 35.1 Å². The van der Waals surface area contributed by atoms with Crippen molar-refractivity contribution in [3.63, 3.8) is 0 Å². The summed E-state index contributed by atoms with van der Waals surface area (Å²) in [5, 5.41) is 0. The largest absolute Gasteiger partial charge is 0.330 e. The lowest BCUT2D eigenvalue weighted by atomic mass is 10.1. The van der Waals surface area contributed by atoms with Crippen LogP contribution in [0.2, 0.25) is 0 Å². The number of hydrogen-bond donors (Lipinski definition) is 1. The lowest BCUT2D eigenvalue weighted by molar-refractivity contribution is 0.112. The van der Waals surface area contributed by atoms with E-state index in [-0.39, 0.29) is 0 Å². The summed E-state index contributed by atoms with van der Waals surface area (Å²) in [7, 11) is 0. The Kier molecular flexibility index (Phi) is 3.84. The molecular formula is C11H10FNO. The Bertz CT molecular complexity index is 390. The number of carbonyl (C=O) groups is 1. The van der Waals surface area contributed by atoms with E-state index in [1.165, 1.54) is 18.2 Å². The third-order valence-corrected chi connectivity index (χ3v) is 1.62. The number of hydrogen-bond acceptors (Lipinski definition) is 2. The van der Waals surface area contributed by atoms with Crippen LogP contribution in [0.15, 0.2) is 18.2 Å². The van der Waals surface area contributed by atoms with Crippen molar-refractivity contribution in [1.82, 2.24) is 0 Å². The molecule has 0 unspecified atom stereocenters. The summed E-state index contributed by atoms with van der Waals surface area (Å²) in [6.07, 6.45) is 1.13. The van der Waals surface area contributed by atoms with Crippen molar-refractivity contribution in [1.29, 1.82) is 0 Å². The van der Waals surface area contributed by atoms with Crippen LogP contribution in [0.3, 0.4) is 0 Å². The van der Waals surface area contributed by atoms with Gasteiger partial charge < -0.3 is 5.73 Å². The normalized spacial score (nSPS) is 9.00. The summed E-state index contributed by atoms with van der Waals surface area (Å²) in [5.74, 6) is 4.90. The van der Waals surface area contributed by atoms with E-state index in [4.69, 9.17) is 5.73 Å². The lowest BCUT2D eigenvalue weighted by Crippen LogP contribution is -1.95. The second-order valence-electron chi connectivity index (χ2n) is 2.70.